The smallest absolute Gasteiger partial charge is 0.255 e. The molecule has 0 aliphatic rings. The quantitative estimate of drug-likeness (QED) is 0.768. The molecular weight excluding hydrogens is 204 g/mol. The molecule has 0 fully saturated rings. The van der Waals surface area contributed by atoms with E-state index in [4.69, 9.17) is 4.74 Å². The average molecular weight is 222 g/mol. The largest absolute Gasteiger partial charge is 0.481 e. The molecule has 0 bridgehead atoms. The molecule has 1 heterocycles. The molecule has 4 heteroatoms. The Labute approximate surface area is 96.2 Å². The van der Waals surface area contributed by atoms with Crippen LogP contribution in [0.15, 0.2) is 18.3 Å². The van der Waals surface area contributed by atoms with Gasteiger partial charge in [-0.15, -0.1) is 0 Å². The number of rotatable bonds is 2. The summed E-state index contributed by atoms with van der Waals surface area (Å²) < 4.78 is 4.94. The van der Waals surface area contributed by atoms with Gasteiger partial charge in [-0.25, -0.2) is 4.98 Å². The van der Waals surface area contributed by atoms with Crippen LogP contribution in [0.4, 0.5) is 0 Å². The van der Waals surface area contributed by atoms with Crippen LogP contribution in [0, 0.1) is 0 Å². The second-order valence-corrected chi connectivity index (χ2v) is 4.62. The molecule has 0 spiro atoms. The van der Waals surface area contributed by atoms with Crippen LogP contribution in [0.25, 0.3) is 0 Å². The number of pyridine rings is 1. The second-order valence-electron chi connectivity index (χ2n) is 4.62. The predicted octanol–water partition coefficient (Wildman–Crippen LogP) is 1.96. The number of carbonyl (C=O) groups excluding carboxylic acids is 1. The molecule has 0 saturated heterocycles. The molecule has 0 radical (unpaired) electrons. The van der Waals surface area contributed by atoms with Gasteiger partial charge in [0.2, 0.25) is 5.88 Å². The minimum atomic E-state index is -0.197. The molecule has 4 nitrogen and oxygen atoms in total. The van der Waals surface area contributed by atoms with Crippen molar-refractivity contribution in [3.8, 4) is 5.88 Å². The molecule has 0 atom stereocenters. The number of methoxy groups -OCH3 is 1. The highest BCUT2D eigenvalue weighted by molar-refractivity contribution is 5.94. The highest BCUT2D eigenvalue weighted by Gasteiger charge is 2.23. The van der Waals surface area contributed by atoms with Gasteiger partial charge in [0.25, 0.3) is 5.91 Å². The lowest BCUT2D eigenvalue weighted by molar-refractivity contribution is 0.0655. The Hall–Kier alpha value is -1.58. The Morgan fingerprint density at radius 3 is 2.38 bits per heavy atom. The Balaban J connectivity index is 2.88. The van der Waals surface area contributed by atoms with Crippen LogP contribution in [-0.4, -0.2) is 35.5 Å². The lowest BCUT2D eigenvalue weighted by atomic mass is 10.1. The first-order valence-corrected chi connectivity index (χ1v) is 5.14. The maximum Gasteiger partial charge on any atom is 0.255 e. The molecule has 1 aromatic heterocycles. The summed E-state index contributed by atoms with van der Waals surface area (Å²) in [6.45, 7) is 5.96. The van der Waals surface area contributed by atoms with E-state index < -0.39 is 0 Å². The zero-order valence-corrected chi connectivity index (χ0v) is 10.4. The molecular formula is C12H18N2O2. The van der Waals surface area contributed by atoms with Crippen molar-refractivity contribution in [2.75, 3.05) is 14.2 Å². The maximum absolute atomic E-state index is 12.0. The summed E-state index contributed by atoms with van der Waals surface area (Å²) in [7, 11) is 3.33. The molecule has 1 aromatic rings. The van der Waals surface area contributed by atoms with Crippen LogP contribution < -0.4 is 4.74 Å². The van der Waals surface area contributed by atoms with Crippen molar-refractivity contribution in [3.63, 3.8) is 0 Å². The lowest BCUT2D eigenvalue weighted by Gasteiger charge is -2.31. The van der Waals surface area contributed by atoms with Gasteiger partial charge in [0.1, 0.15) is 0 Å². The molecule has 0 unspecified atom stereocenters. The summed E-state index contributed by atoms with van der Waals surface area (Å²) in [5, 5.41) is 0. The van der Waals surface area contributed by atoms with Crippen molar-refractivity contribution in [2.45, 2.75) is 26.3 Å². The van der Waals surface area contributed by atoms with Crippen LogP contribution in [-0.2, 0) is 0 Å². The van der Waals surface area contributed by atoms with Crippen LogP contribution >= 0.6 is 0 Å². The fourth-order valence-corrected chi connectivity index (χ4v) is 1.13. The fourth-order valence-electron chi connectivity index (χ4n) is 1.13. The topological polar surface area (TPSA) is 42.4 Å². The van der Waals surface area contributed by atoms with Gasteiger partial charge in [-0.2, -0.15) is 0 Å². The molecule has 0 aliphatic heterocycles. The molecule has 0 saturated carbocycles. The molecule has 88 valence electrons. The zero-order chi connectivity index (χ0) is 12.3. The maximum atomic E-state index is 12.0. The molecule has 0 aromatic carbocycles. The third kappa shape index (κ3) is 2.72. The number of hydrogen-bond acceptors (Lipinski definition) is 3. The van der Waals surface area contributed by atoms with E-state index in [1.165, 1.54) is 6.20 Å². The monoisotopic (exact) mass is 222 g/mol. The van der Waals surface area contributed by atoms with Crippen molar-refractivity contribution in [1.82, 2.24) is 9.88 Å². The molecule has 16 heavy (non-hydrogen) atoms. The van der Waals surface area contributed by atoms with Crippen molar-refractivity contribution in [1.29, 1.82) is 0 Å². The Morgan fingerprint density at radius 1 is 1.38 bits per heavy atom. The first kappa shape index (κ1) is 12.5. The van der Waals surface area contributed by atoms with Gasteiger partial charge < -0.3 is 9.64 Å². The minimum absolute atomic E-state index is 0.0392. The fraction of sp³-hybridized carbons (Fsp3) is 0.500. The number of ether oxygens (including phenoxy) is 1. The van der Waals surface area contributed by atoms with Crippen molar-refractivity contribution >= 4 is 5.91 Å². The Bertz CT molecular complexity index is 366. The summed E-state index contributed by atoms with van der Waals surface area (Å²) in [4.78, 5) is 17.7. The van der Waals surface area contributed by atoms with E-state index >= 15 is 0 Å². The van der Waals surface area contributed by atoms with Gasteiger partial charge >= 0.3 is 0 Å². The number of hydrogen-bond donors (Lipinski definition) is 0. The van der Waals surface area contributed by atoms with Crippen LogP contribution in [0.3, 0.4) is 0 Å². The SMILES string of the molecule is COc1ccc(C(=O)N(C)C(C)(C)C)cn1. The molecule has 1 amide bonds. The van der Waals surface area contributed by atoms with Gasteiger partial charge in [-0.05, 0) is 26.8 Å². The number of amides is 1. The third-order valence-electron chi connectivity index (χ3n) is 2.50. The van der Waals surface area contributed by atoms with Gasteiger partial charge in [0, 0.05) is 24.8 Å². The molecule has 0 aliphatic carbocycles. The molecule has 1 rings (SSSR count). The molecule has 0 N–H and O–H groups in total. The van der Waals surface area contributed by atoms with Crippen LogP contribution in [0.5, 0.6) is 5.88 Å². The van der Waals surface area contributed by atoms with Crippen LogP contribution in [0.1, 0.15) is 31.1 Å². The predicted molar refractivity (Wildman–Crippen MR) is 62.6 cm³/mol. The average Bonchev–Trinajstić information content (AvgIpc) is 2.26. The van der Waals surface area contributed by atoms with E-state index in [-0.39, 0.29) is 11.4 Å². The number of aromatic nitrogens is 1. The normalized spacial score (nSPS) is 11.1. The van der Waals surface area contributed by atoms with E-state index in [1.807, 2.05) is 20.8 Å². The number of carbonyl (C=O) groups is 1. The summed E-state index contributed by atoms with van der Waals surface area (Å²) in [5.74, 6) is 0.470. The first-order valence-electron chi connectivity index (χ1n) is 5.14. The van der Waals surface area contributed by atoms with Crippen molar-refractivity contribution < 1.29 is 9.53 Å². The second kappa shape index (κ2) is 4.51. The van der Waals surface area contributed by atoms with Crippen molar-refractivity contribution in [3.05, 3.63) is 23.9 Å². The zero-order valence-electron chi connectivity index (χ0n) is 10.4. The number of nitrogens with zero attached hydrogens (tertiary/aromatic N) is 2. The van der Waals surface area contributed by atoms with E-state index in [0.29, 0.717) is 11.4 Å². The summed E-state index contributed by atoms with van der Waals surface area (Å²) in [5.41, 5.74) is 0.370. The third-order valence-corrected chi connectivity index (χ3v) is 2.50. The minimum Gasteiger partial charge on any atom is -0.481 e. The van der Waals surface area contributed by atoms with Gasteiger partial charge in [0.05, 0.1) is 12.7 Å². The lowest BCUT2D eigenvalue weighted by Crippen LogP contribution is -2.42. The van der Waals surface area contributed by atoms with Gasteiger partial charge in [0.15, 0.2) is 0 Å². The van der Waals surface area contributed by atoms with E-state index in [0.717, 1.165) is 0 Å². The van der Waals surface area contributed by atoms with E-state index in [9.17, 15) is 4.79 Å². The highest BCUT2D eigenvalue weighted by Crippen LogP contribution is 2.15. The summed E-state index contributed by atoms with van der Waals surface area (Å²) in [6.07, 6.45) is 1.53. The van der Waals surface area contributed by atoms with Crippen molar-refractivity contribution in [2.24, 2.45) is 0 Å². The van der Waals surface area contributed by atoms with Gasteiger partial charge in [-0.3, -0.25) is 4.79 Å². The standard InChI is InChI=1S/C12H18N2O2/c1-12(2,3)14(4)11(15)9-6-7-10(16-5)13-8-9/h6-8H,1-5H3. The summed E-state index contributed by atoms with van der Waals surface area (Å²) in [6, 6.07) is 3.40. The summed E-state index contributed by atoms with van der Waals surface area (Å²) >= 11 is 0. The Morgan fingerprint density at radius 2 is 2.00 bits per heavy atom. The van der Waals surface area contributed by atoms with E-state index in [1.54, 1.807) is 31.2 Å². The van der Waals surface area contributed by atoms with Gasteiger partial charge in [-0.1, -0.05) is 0 Å². The first-order chi connectivity index (χ1) is 7.36. The Kier molecular flexibility index (Phi) is 3.52. The highest BCUT2D eigenvalue weighted by atomic mass is 16.5. The van der Waals surface area contributed by atoms with Crippen LogP contribution in [0.2, 0.25) is 0 Å². The van der Waals surface area contributed by atoms with E-state index in [2.05, 4.69) is 4.98 Å².